The first kappa shape index (κ1) is 23.4. The van der Waals surface area contributed by atoms with Gasteiger partial charge in [-0.3, -0.25) is 0 Å². The molecular formula is C47H34O. The van der Waals surface area contributed by atoms with Gasteiger partial charge in [0, 0.05) is 10.8 Å². The van der Waals surface area contributed by atoms with E-state index in [0.717, 1.165) is 76.9 Å². The molecule has 1 heteroatoms. The molecule has 0 aliphatic carbocycles. The lowest BCUT2D eigenvalue weighted by molar-refractivity contribution is 0.669. The van der Waals surface area contributed by atoms with Crippen molar-refractivity contribution in [3.8, 4) is 44.5 Å². The van der Waals surface area contributed by atoms with Crippen LogP contribution in [-0.2, 0) is 0 Å². The minimum atomic E-state index is -0.404. The van der Waals surface area contributed by atoms with Gasteiger partial charge in [-0.15, -0.1) is 0 Å². The van der Waals surface area contributed by atoms with Crippen molar-refractivity contribution in [3.63, 3.8) is 0 Å². The molecule has 1 nitrogen and oxygen atoms in total. The fourth-order valence-electron chi connectivity index (χ4n) is 7.28. The Balaban J connectivity index is 1.48. The first-order valence-electron chi connectivity index (χ1n) is 18.9. The summed E-state index contributed by atoms with van der Waals surface area (Å²) < 4.78 is 49.7. The average molecular weight is 620 g/mol. The van der Waals surface area contributed by atoms with Crippen molar-refractivity contribution < 1.29 is 11.3 Å². The molecule has 0 amide bonds. The molecule has 0 aliphatic heterocycles. The summed E-state index contributed by atoms with van der Waals surface area (Å²) in [5.41, 5.74) is 10.1. The number of benzene rings is 8. The lowest BCUT2D eigenvalue weighted by Gasteiger charge is -2.24. The number of rotatable bonds is 5. The quantitative estimate of drug-likeness (QED) is 0.175. The number of furan rings is 1. The molecule has 228 valence electrons. The standard InChI is InChI=1S/C47H34O/c1-30(2)34-28-40(31-15-5-3-6-16-31)47(41(29-34)33-25-26-44-42(27-33)35-19-13-14-24-43(35)48-44)46-38-22-11-9-20-36(38)45(32-17-7-4-8-18-32)37-21-10-12-23-39(37)46/h3-30H,1-2H3/i4D,7D,8D,17D,18D. The van der Waals surface area contributed by atoms with Crippen LogP contribution in [0.2, 0.25) is 0 Å². The molecule has 0 N–H and O–H groups in total. The third-order valence-electron chi connectivity index (χ3n) is 9.53. The Kier molecular flexibility index (Phi) is 5.56. The second-order valence-corrected chi connectivity index (χ2v) is 12.7. The molecule has 0 atom stereocenters. The molecule has 9 rings (SSSR count). The van der Waals surface area contributed by atoms with E-state index in [0.29, 0.717) is 5.56 Å². The lowest BCUT2D eigenvalue weighted by atomic mass is 9.79. The zero-order valence-electron chi connectivity index (χ0n) is 31.7. The van der Waals surface area contributed by atoms with E-state index in [1.54, 1.807) is 0 Å². The zero-order chi connectivity index (χ0) is 36.5. The molecule has 0 unspecified atom stereocenters. The molecule has 48 heavy (non-hydrogen) atoms. The fourth-order valence-corrected chi connectivity index (χ4v) is 7.28. The number of para-hydroxylation sites is 1. The first-order chi connectivity index (χ1) is 25.7. The molecule has 0 bridgehead atoms. The molecular weight excluding hydrogens is 581 g/mol. The van der Waals surface area contributed by atoms with Crippen molar-refractivity contribution in [1.29, 1.82) is 0 Å². The van der Waals surface area contributed by atoms with E-state index >= 15 is 0 Å². The first-order valence-corrected chi connectivity index (χ1v) is 16.4. The second-order valence-electron chi connectivity index (χ2n) is 12.7. The Morgan fingerprint density at radius 3 is 1.62 bits per heavy atom. The third-order valence-corrected chi connectivity index (χ3v) is 9.53. The van der Waals surface area contributed by atoms with Crippen LogP contribution in [0.4, 0.5) is 0 Å². The molecule has 1 heterocycles. The molecule has 9 aromatic rings. The topological polar surface area (TPSA) is 13.1 Å². The van der Waals surface area contributed by atoms with Gasteiger partial charge in [0.1, 0.15) is 11.2 Å². The number of hydrogen-bond acceptors (Lipinski definition) is 1. The van der Waals surface area contributed by atoms with E-state index < -0.39 is 6.04 Å². The SMILES string of the molecule is [2H]c1c([2H])c([2H])c(-c2c3ccccc3c(-c3c(-c4ccccc4)cc(C(C)C)cc3-c3ccc4oc5ccccc5c4c3)c3ccccc23)c([2H])c1[2H]. The summed E-state index contributed by atoms with van der Waals surface area (Å²) in [4.78, 5) is 0. The van der Waals surface area contributed by atoms with Gasteiger partial charge in [0.15, 0.2) is 0 Å². The Morgan fingerprint density at radius 2 is 0.979 bits per heavy atom. The summed E-state index contributed by atoms with van der Waals surface area (Å²) in [5.74, 6) is 0.253. The van der Waals surface area contributed by atoms with Gasteiger partial charge >= 0.3 is 0 Å². The summed E-state index contributed by atoms with van der Waals surface area (Å²) in [7, 11) is 0. The summed E-state index contributed by atoms with van der Waals surface area (Å²) in [6.07, 6.45) is 0. The van der Waals surface area contributed by atoms with E-state index in [4.69, 9.17) is 11.3 Å². The summed E-state index contributed by atoms with van der Waals surface area (Å²) in [5, 5.41) is 5.60. The van der Waals surface area contributed by atoms with Crippen LogP contribution in [0.25, 0.3) is 88.0 Å². The Morgan fingerprint density at radius 1 is 0.438 bits per heavy atom. The van der Waals surface area contributed by atoms with Crippen LogP contribution >= 0.6 is 0 Å². The summed E-state index contributed by atoms with van der Waals surface area (Å²) in [6, 6.07) is 44.3. The van der Waals surface area contributed by atoms with Crippen LogP contribution in [0, 0.1) is 0 Å². The van der Waals surface area contributed by atoms with Gasteiger partial charge < -0.3 is 4.42 Å². The fraction of sp³-hybridized carbons (Fsp3) is 0.0638. The highest BCUT2D eigenvalue weighted by atomic mass is 16.3. The van der Waals surface area contributed by atoms with Gasteiger partial charge in [0.25, 0.3) is 0 Å². The monoisotopic (exact) mass is 619 g/mol. The molecule has 8 aromatic carbocycles. The Bertz CT molecular complexity index is 2840. The molecule has 0 aliphatic rings. The maximum absolute atomic E-state index is 9.03. The van der Waals surface area contributed by atoms with Crippen LogP contribution < -0.4 is 0 Å². The maximum Gasteiger partial charge on any atom is 0.135 e. The van der Waals surface area contributed by atoms with Crippen LogP contribution in [0.5, 0.6) is 0 Å². The maximum atomic E-state index is 9.03. The van der Waals surface area contributed by atoms with Crippen molar-refractivity contribution in [3.05, 3.63) is 169 Å². The molecule has 0 saturated carbocycles. The number of hydrogen-bond donors (Lipinski definition) is 0. The lowest BCUT2D eigenvalue weighted by Crippen LogP contribution is -1.98. The normalized spacial score (nSPS) is 13.2. The van der Waals surface area contributed by atoms with Crippen molar-refractivity contribution in [2.45, 2.75) is 19.8 Å². The van der Waals surface area contributed by atoms with Gasteiger partial charge in [0.2, 0.25) is 0 Å². The van der Waals surface area contributed by atoms with Crippen LogP contribution in [-0.4, -0.2) is 0 Å². The van der Waals surface area contributed by atoms with Crippen LogP contribution in [0.3, 0.4) is 0 Å². The molecule has 0 radical (unpaired) electrons. The summed E-state index contributed by atoms with van der Waals surface area (Å²) >= 11 is 0. The Hall–Kier alpha value is -5.92. The van der Waals surface area contributed by atoms with Crippen molar-refractivity contribution in [1.82, 2.24) is 0 Å². The summed E-state index contributed by atoms with van der Waals surface area (Å²) in [6.45, 7) is 4.44. The zero-order valence-corrected chi connectivity index (χ0v) is 26.7. The predicted molar refractivity (Wildman–Crippen MR) is 205 cm³/mol. The van der Waals surface area contributed by atoms with Crippen molar-refractivity contribution in [2.75, 3.05) is 0 Å². The smallest absolute Gasteiger partial charge is 0.135 e. The van der Waals surface area contributed by atoms with Crippen LogP contribution in [0.1, 0.15) is 32.2 Å². The largest absolute Gasteiger partial charge is 0.456 e. The van der Waals surface area contributed by atoms with E-state index in [1.807, 2.05) is 60.7 Å². The predicted octanol–water partition coefficient (Wildman–Crippen LogP) is 13.7. The van der Waals surface area contributed by atoms with Crippen molar-refractivity contribution in [2.24, 2.45) is 0 Å². The van der Waals surface area contributed by atoms with Gasteiger partial charge in [-0.2, -0.15) is 0 Å². The van der Waals surface area contributed by atoms with Gasteiger partial charge in [-0.05, 0) is 95.7 Å². The van der Waals surface area contributed by atoms with E-state index in [9.17, 15) is 0 Å². The molecule has 1 aromatic heterocycles. The molecule has 0 spiro atoms. The average Bonchev–Trinajstić information content (AvgIpc) is 3.57. The van der Waals surface area contributed by atoms with Crippen LogP contribution in [0.15, 0.2) is 168 Å². The highest BCUT2D eigenvalue weighted by Crippen LogP contribution is 2.50. The van der Waals surface area contributed by atoms with Gasteiger partial charge in [0.05, 0.1) is 6.85 Å². The van der Waals surface area contributed by atoms with E-state index in [-0.39, 0.29) is 35.7 Å². The number of fused-ring (bicyclic) bond motifs is 5. The minimum absolute atomic E-state index is 0.200. The molecule has 0 fully saturated rings. The Labute approximate surface area is 287 Å². The minimum Gasteiger partial charge on any atom is -0.456 e. The highest BCUT2D eigenvalue weighted by Gasteiger charge is 2.24. The van der Waals surface area contributed by atoms with Gasteiger partial charge in [-0.25, -0.2) is 0 Å². The highest BCUT2D eigenvalue weighted by molar-refractivity contribution is 6.24. The van der Waals surface area contributed by atoms with E-state index in [2.05, 4.69) is 86.6 Å². The van der Waals surface area contributed by atoms with E-state index in [1.165, 1.54) is 5.56 Å². The molecule has 0 saturated heterocycles. The second kappa shape index (κ2) is 11.4. The van der Waals surface area contributed by atoms with Crippen molar-refractivity contribution >= 4 is 43.5 Å². The van der Waals surface area contributed by atoms with Gasteiger partial charge in [-0.1, -0.05) is 159 Å². The third kappa shape index (κ3) is 4.54.